The van der Waals surface area contributed by atoms with Crippen LogP contribution in [0.5, 0.6) is 0 Å². The molecule has 90 valence electrons. The highest BCUT2D eigenvalue weighted by Gasteiger charge is 2.10. The maximum Gasteiger partial charge on any atom is 0.141 e. The second kappa shape index (κ2) is 3.99. The van der Waals surface area contributed by atoms with Crippen LogP contribution < -0.4 is 5.73 Å². The highest BCUT2D eigenvalue weighted by Crippen LogP contribution is 2.25. The minimum Gasteiger partial charge on any atom is -0.399 e. The first-order valence-corrected chi connectivity index (χ1v) is 5.72. The van der Waals surface area contributed by atoms with E-state index in [9.17, 15) is 4.39 Å². The molecule has 1 heterocycles. The normalized spacial score (nSPS) is 11.0. The topological polar surface area (TPSA) is 54.7 Å². The maximum atomic E-state index is 13.8. The van der Waals surface area contributed by atoms with Crippen molar-refractivity contribution in [2.45, 2.75) is 0 Å². The van der Waals surface area contributed by atoms with Crippen molar-refractivity contribution in [2.24, 2.45) is 0 Å². The fraction of sp³-hybridized carbons (Fsp3) is 0. The number of rotatable bonds is 1. The Kier molecular flexibility index (Phi) is 2.45. The number of nitrogens with two attached hydrogens (primary N) is 1. The Morgan fingerprint density at radius 1 is 1.17 bits per heavy atom. The molecule has 0 bridgehead atoms. The van der Waals surface area contributed by atoms with Crippen LogP contribution in [0.25, 0.3) is 22.4 Å². The molecule has 1 aromatic heterocycles. The number of nitrogens with zero attached hydrogens (tertiary/aromatic N) is 1. The third-order valence-corrected chi connectivity index (χ3v) is 2.93. The van der Waals surface area contributed by atoms with Gasteiger partial charge in [-0.25, -0.2) is 9.37 Å². The zero-order valence-corrected chi connectivity index (χ0v) is 10.0. The minimum absolute atomic E-state index is 0.358. The molecule has 0 atom stereocenters. The maximum absolute atomic E-state index is 13.8. The summed E-state index contributed by atoms with van der Waals surface area (Å²) in [5.41, 5.74) is 8.22. The van der Waals surface area contributed by atoms with E-state index in [0.29, 0.717) is 22.1 Å². The number of imidazole rings is 1. The highest BCUT2D eigenvalue weighted by atomic mass is 35.5. The van der Waals surface area contributed by atoms with Gasteiger partial charge in [0, 0.05) is 10.7 Å². The Morgan fingerprint density at radius 3 is 2.78 bits per heavy atom. The van der Waals surface area contributed by atoms with Crippen LogP contribution in [0.4, 0.5) is 10.1 Å². The number of hydrogen-bond acceptors (Lipinski definition) is 2. The van der Waals surface area contributed by atoms with Gasteiger partial charge in [0.2, 0.25) is 0 Å². The molecule has 0 saturated heterocycles. The van der Waals surface area contributed by atoms with E-state index in [2.05, 4.69) is 9.97 Å². The molecule has 0 saturated carbocycles. The number of nitrogen functional groups attached to an aromatic ring is 1. The van der Waals surface area contributed by atoms with Crippen molar-refractivity contribution in [3.05, 3.63) is 47.2 Å². The van der Waals surface area contributed by atoms with E-state index in [1.807, 2.05) is 0 Å². The van der Waals surface area contributed by atoms with Crippen molar-refractivity contribution in [1.29, 1.82) is 0 Å². The summed E-state index contributed by atoms with van der Waals surface area (Å²) in [7, 11) is 0. The van der Waals surface area contributed by atoms with Gasteiger partial charge in [-0.1, -0.05) is 11.6 Å². The zero-order chi connectivity index (χ0) is 12.7. The summed E-state index contributed by atoms with van der Waals surface area (Å²) >= 11 is 5.72. The molecule has 0 aliphatic rings. The van der Waals surface area contributed by atoms with Gasteiger partial charge < -0.3 is 10.7 Å². The number of nitrogens with one attached hydrogen (secondary N) is 1. The lowest BCUT2D eigenvalue weighted by Crippen LogP contribution is -1.85. The smallest absolute Gasteiger partial charge is 0.141 e. The summed E-state index contributed by atoms with van der Waals surface area (Å²) in [5.74, 6) is 0.0549. The molecule has 18 heavy (non-hydrogen) atoms. The first kappa shape index (κ1) is 11.0. The van der Waals surface area contributed by atoms with Crippen LogP contribution in [0.15, 0.2) is 36.4 Å². The fourth-order valence-corrected chi connectivity index (χ4v) is 2.00. The summed E-state index contributed by atoms with van der Waals surface area (Å²) in [6, 6.07) is 9.79. The zero-order valence-electron chi connectivity index (χ0n) is 9.24. The van der Waals surface area contributed by atoms with Crippen LogP contribution in [0.1, 0.15) is 0 Å². The average Bonchev–Trinajstić information content (AvgIpc) is 2.71. The van der Waals surface area contributed by atoms with Crippen LogP contribution >= 0.6 is 11.6 Å². The van der Waals surface area contributed by atoms with Gasteiger partial charge in [-0.3, -0.25) is 0 Å². The van der Waals surface area contributed by atoms with Gasteiger partial charge >= 0.3 is 0 Å². The summed E-state index contributed by atoms with van der Waals surface area (Å²) in [4.78, 5) is 7.36. The number of aromatic nitrogens is 2. The van der Waals surface area contributed by atoms with E-state index in [1.54, 1.807) is 30.3 Å². The number of aromatic amines is 1. The lowest BCUT2D eigenvalue weighted by atomic mass is 10.2. The first-order valence-electron chi connectivity index (χ1n) is 5.34. The Hall–Kier alpha value is -2.07. The van der Waals surface area contributed by atoms with E-state index >= 15 is 0 Å². The fourth-order valence-electron chi connectivity index (χ4n) is 1.84. The van der Waals surface area contributed by atoms with E-state index in [4.69, 9.17) is 17.3 Å². The van der Waals surface area contributed by atoms with Crippen LogP contribution in [0.3, 0.4) is 0 Å². The molecule has 5 heteroatoms. The van der Waals surface area contributed by atoms with Crippen LogP contribution in [-0.2, 0) is 0 Å². The molecule has 3 nitrogen and oxygen atoms in total. The van der Waals surface area contributed by atoms with Gasteiger partial charge in [-0.2, -0.15) is 0 Å². The molecule has 3 rings (SSSR count). The third-order valence-electron chi connectivity index (χ3n) is 2.69. The molecular formula is C13H9ClFN3. The van der Waals surface area contributed by atoms with Crippen molar-refractivity contribution >= 4 is 28.3 Å². The molecule has 0 amide bonds. The lowest BCUT2D eigenvalue weighted by molar-refractivity contribution is 0.630. The van der Waals surface area contributed by atoms with Crippen LogP contribution in [0.2, 0.25) is 5.02 Å². The molecular weight excluding hydrogens is 253 g/mol. The van der Waals surface area contributed by atoms with E-state index in [1.165, 1.54) is 6.07 Å². The van der Waals surface area contributed by atoms with Gasteiger partial charge in [-0.05, 0) is 36.4 Å². The molecule has 0 aliphatic heterocycles. The quantitative estimate of drug-likeness (QED) is 0.658. The summed E-state index contributed by atoms with van der Waals surface area (Å²) in [5, 5.41) is 0.358. The number of H-pyrrole nitrogens is 1. The Labute approximate surface area is 107 Å². The molecule has 2 aromatic carbocycles. The largest absolute Gasteiger partial charge is 0.399 e. The van der Waals surface area contributed by atoms with Crippen LogP contribution in [-0.4, -0.2) is 9.97 Å². The third kappa shape index (κ3) is 1.80. The molecule has 3 aromatic rings. The SMILES string of the molecule is Nc1ccc2nc(-c3ccc(Cl)cc3F)[nH]c2c1. The lowest BCUT2D eigenvalue weighted by Gasteiger charge is -1.99. The standard InChI is InChI=1S/C13H9ClFN3/c14-7-1-3-9(10(15)5-7)13-17-11-4-2-8(16)6-12(11)18-13/h1-6H,16H2,(H,17,18). The number of fused-ring (bicyclic) bond motifs is 1. The van der Waals surface area contributed by atoms with Crippen molar-refractivity contribution in [2.75, 3.05) is 5.73 Å². The first-order chi connectivity index (χ1) is 8.63. The van der Waals surface area contributed by atoms with Crippen molar-refractivity contribution in [1.82, 2.24) is 9.97 Å². The summed E-state index contributed by atoms with van der Waals surface area (Å²) < 4.78 is 13.8. The molecule has 3 N–H and O–H groups in total. The predicted octanol–water partition coefficient (Wildman–Crippen LogP) is 3.60. The van der Waals surface area contributed by atoms with E-state index in [-0.39, 0.29) is 0 Å². The van der Waals surface area contributed by atoms with Gasteiger partial charge in [0.1, 0.15) is 11.6 Å². The molecule has 0 aliphatic carbocycles. The van der Waals surface area contributed by atoms with Gasteiger partial charge in [0.15, 0.2) is 0 Å². The molecule has 0 radical (unpaired) electrons. The predicted molar refractivity (Wildman–Crippen MR) is 70.9 cm³/mol. The van der Waals surface area contributed by atoms with Crippen molar-refractivity contribution in [3.8, 4) is 11.4 Å². The second-order valence-electron chi connectivity index (χ2n) is 3.99. The van der Waals surface area contributed by atoms with E-state index < -0.39 is 5.82 Å². The Morgan fingerprint density at radius 2 is 2.00 bits per heavy atom. The Balaban J connectivity index is 2.19. The second-order valence-corrected chi connectivity index (χ2v) is 4.42. The van der Waals surface area contributed by atoms with Gasteiger partial charge in [-0.15, -0.1) is 0 Å². The van der Waals surface area contributed by atoms with Crippen LogP contribution in [0, 0.1) is 5.82 Å². The highest BCUT2D eigenvalue weighted by molar-refractivity contribution is 6.30. The summed E-state index contributed by atoms with van der Waals surface area (Å²) in [6.45, 7) is 0. The van der Waals surface area contributed by atoms with Gasteiger partial charge in [0.05, 0.1) is 16.6 Å². The minimum atomic E-state index is -0.408. The molecule has 0 spiro atoms. The molecule has 0 unspecified atom stereocenters. The number of halogens is 2. The average molecular weight is 262 g/mol. The molecule has 0 fully saturated rings. The van der Waals surface area contributed by atoms with Crippen molar-refractivity contribution < 1.29 is 4.39 Å². The van der Waals surface area contributed by atoms with Gasteiger partial charge in [0.25, 0.3) is 0 Å². The number of hydrogen-bond donors (Lipinski definition) is 2. The number of anilines is 1. The summed E-state index contributed by atoms with van der Waals surface area (Å²) in [6.07, 6.45) is 0. The monoisotopic (exact) mass is 261 g/mol. The van der Waals surface area contributed by atoms with E-state index in [0.717, 1.165) is 11.0 Å². The number of benzene rings is 2. The Bertz CT molecular complexity index is 736. The van der Waals surface area contributed by atoms with Crippen molar-refractivity contribution in [3.63, 3.8) is 0 Å².